The van der Waals surface area contributed by atoms with Crippen LogP contribution in [0, 0.1) is 0 Å². The van der Waals surface area contributed by atoms with Crippen LogP contribution in [0.25, 0.3) is 0 Å². The zero-order valence-corrected chi connectivity index (χ0v) is 7.71. The van der Waals surface area contributed by atoms with Gasteiger partial charge in [0.05, 0.1) is 6.04 Å². The normalized spacial score (nSPS) is 26.2. The molecule has 0 amide bonds. The van der Waals surface area contributed by atoms with E-state index in [9.17, 15) is 4.79 Å². The Bertz CT molecular complexity index is 334. The molecule has 0 saturated heterocycles. The van der Waals surface area contributed by atoms with Crippen molar-refractivity contribution in [1.29, 1.82) is 0 Å². The molecule has 68 valence electrons. The Kier molecular flexibility index (Phi) is 2.63. The third-order valence-corrected chi connectivity index (χ3v) is 2.13. The second-order valence-electron chi connectivity index (χ2n) is 3.03. The van der Waals surface area contributed by atoms with Crippen molar-refractivity contribution < 1.29 is 4.79 Å². The van der Waals surface area contributed by atoms with E-state index in [4.69, 9.17) is 5.73 Å². The molecule has 1 rings (SSSR count). The van der Waals surface area contributed by atoms with Gasteiger partial charge in [-0.25, -0.2) is 0 Å². The van der Waals surface area contributed by atoms with Crippen LogP contribution >= 0.6 is 0 Å². The SMILES string of the molecule is C=C/C(C)=C1/C=CC(N)C(=O)C1=C. The Morgan fingerprint density at radius 1 is 1.69 bits per heavy atom. The summed E-state index contributed by atoms with van der Waals surface area (Å²) in [7, 11) is 0. The second kappa shape index (κ2) is 3.54. The standard InChI is InChI=1S/C11H13NO/c1-4-7(2)9-5-6-10(12)11(13)8(9)3/h4-6,10H,1,3,12H2,2H3/b9-7-. The monoisotopic (exact) mass is 175 g/mol. The highest BCUT2D eigenvalue weighted by atomic mass is 16.1. The first-order chi connectivity index (χ1) is 6.07. The molecule has 13 heavy (non-hydrogen) atoms. The van der Waals surface area contributed by atoms with E-state index in [2.05, 4.69) is 13.2 Å². The fraction of sp³-hybridized carbons (Fsp3) is 0.182. The molecule has 1 unspecified atom stereocenters. The molecule has 0 aliphatic heterocycles. The number of hydrogen-bond donors (Lipinski definition) is 1. The number of ketones is 1. The highest BCUT2D eigenvalue weighted by molar-refractivity contribution is 6.06. The summed E-state index contributed by atoms with van der Waals surface area (Å²) < 4.78 is 0. The van der Waals surface area contributed by atoms with Gasteiger partial charge < -0.3 is 5.73 Å². The van der Waals surface area contributed by atoms with Gasteiger partial charge in [0.2, 0.25) is 0 Å². The van der Waals surface area contributed by atoms with Crippen molar-refractivity contribution >= 4 is 5.78 Å². The summed E-state index contributed by atoms with van der Waals surface area (Å²) in [5.74, 6) is -0.112. The van der Waals surface area contributed by atoms with Gasteiger partial charge in [-0.2, -0.15) is 0 Å². The molecule has 0 spiro atoms. The molecular formula is C11H13NO. The van der Waals surface area contributed by atoms with E-state index in [0.29, 0.717) is 5.57 Å². The van der Waals surface area contributed by atoms with Crippen LogP contribution in [0.2, 0.25) is 0 Å². The molecule has 0 radical (unpaired) electrons. The molecule has 0 aromatic carbocycles. The van der Waals surface area contributed by atoms with Crippen molar-refractivity contribution in [1.82, 2.24) is 0 Å². The molecule has 1 aliphatic carbocycles. The average molecular weight is 175 g/mol. The highest BCUT2D eigenvalue weighted by Gasteiger charge is 2.21. The number of allylic oxidation sites excluding steroid dienone is 4. The van der Waals surface area contributed by atoms with Crippen molar-refractivity contribution in [3.8, 4) is 0 Å². The molecule has 2 N–H and O–H groups in total. The topological polar surface area (TPSA) is 43.1 Å². The van der Waals surface area contributed by atoms with Crippen LogP contribution in [0.4, 0.5) is 0 Å². The Balaban J connectivity index is 3.19. The van der Waals surface area contributed by atoms with E-state index in [1.807, 2.05) is 13.0 Å². The average Bonchev–Trinajstić information content (AvgIpc) is 2.13. The molecule has 0 heterocycles. The molecular weight excluding hydrogens is 162 g/mol. The van der Waals surface area contributed by atoms with E-state index in [1.54, 1.807) is 12.2 Å². The van der Waals surface area contributed by atoms with Crippen LogP contribution in [0.3, 0.4) is 0 Å². The Labute approximate surface area is 78.1 Å². The van der Waals surface area contributed by atoms with Gasteiger partial charge in [0, 0.05) is 5.57 Å². The van der Waals surface area contributed by atoms with E-state index < -0.39 is 6.04 Å². The summed E-state index contributed by atoms with van der Waals surface area (Å²) >= 11 is 0. The molecule has 0 aromatic heterocycles. The van der Waals surface area contributed by atoms with E-state index in [-0.39, 0.29) is 5.78 Å². The minimum absolute atomic E-state index is 0.112. The lowest BCUT2D eigenvalue weighted by molar-refractivity contribution is -0.115. The zero-order chi connectivity index (χ0) is 10.0. The van der Waals surface area contributed by atoms with Gasteiger partial charge in [0.1, 0.15) is 0 Å². The summed E-state index contributed by atoms with van der Waals surface area (Å²) in [5, 5.41) is 0. The molecule has 1 aliphatic rings. The van der Waals surface area contributed by atoms with Gasteiger partial charge in [0.15, 0.2) is 5.78 Å². The van der Waals surface area contributed by atoms with Crippen molar-refractivity contribution in [2.24, 2.45) is 5.73 Å². The number of carbonyl (C=O) groups is 1. The van der Waals surface area contributed by atoms with Gasteiger partial charge in [-0.15, -0.1) is 0 Å². The third-order valence-electron chi connectivity index (χ3n) is 2.13. The first-order valence-corrected chi connectivity index (χ1v) is 4.08. The molecule has 0 fully saturated rings. The number of hydrogen-bond acceptors (Lipinski definition) is 2. The van der Waals surface area contributed by atoms with E-state index in [0.717, 1.165) is 11.1 Å². The van der Waals surface area contributed by atoms with Crippen LogP contribution in [-0.4, -0.2) is 11.8 Å². The lowest BCUT2D eigenvalue weighted by atomic mass is 9.90. The van der Waals surface area contributed by atoms with Crippen LogP contribution < -0.4 is 5.73 Å². The maximum absolute atomic E-state index is 11.4. The second-order valence-corrected chi connectivity index (χ2v) is 3.03. The van der Waals surface area contributed by atoms with Gasteiger partial charge in [-0.05, 0) is 18.1 Å². The highest BCUT2D eigenvalue weighted by Crippen LogP contribution is 2.21. The van der Waals surface area contributed by atoms with Gasteiger partial charge >= 0.3 is 0 Å². The predicted octanol–water partition coefficient (Wildman–Crippen LogP) is 1.51. The molecule has 0 bridgehead atoms. The van der Waals surface area contributed by atoms with Gasteiger partial charge in [-0.1, -0.05) is 31.4 Å². The zero-order valence-electron chi connectivity index (χ0n) is 7.71. The van der Waals surface area contributed by atoms with Crippen molar-refractivity contribution in [2.45, 2.75) is 13.0 Å². The van der Waals surface area contributed by atoms with Crippen molar-refractivity contribution in [2.75, 3.05) is 0 Å². The molecule has 2 heteroatoms. The maximum Gasteiger partial charge on any atom is 0.183 e. The minimum Gasteiger partial charge on any atom is -0.318 e. The lowest BCUT2D eigenvalue weighted by Gasteiger charge is -2.16. The predicted molar refractivity (Wildman–Crippen MR) is 54.2 cm³/mol. The first-order valence-electron chi connectivity index (χ1n) is 4.08. The Hall–Kier alpha value is -1.41. The molecule has 1 atom stereocenters. The number of rotatable bonds is 1. The van der Waals surface area contributed by atoms with Crippen molar-refractivity contribution in [3.63, 3.8) is 0 Å². The third kappa shape index (κ3) is 1.68. The summed E-state index contributed by atoms with van der Waals surface area (Å²) in [6, 6.07) is -0.533. The summed E-state index contributed by atoms with van der Waals surface area (Å²) in [6.45, 7) is 9.24. The minimum atomic E-state index is -0.533. The van der Waals surface area contributed by atoms with Crippen LogP contribution in [-0.2, 0) is 4.79 Å². The van der Waals surface area contributed by atoms with Gasteiger partial charge in [-0.3, -0.25) is 4.79 Å². The largest absolute Gasteiger partial charge is 0.318 e. The molecule has 0 saturated carbocycles. The number of nitrogens with two attached hydrogens (primary N) is 1. The molecule has 2 nitrogen and oxygen atoms in total. The molecule has 0 aromatic rings. The van der Waals surface area contributed by atoms with Crippen LogP contribution in [0.5, 0.6) is 0 Å². The lowest BCUT2D eigenvalue weighted by Crippen LogP contribution is -2.32. The fourth-order valence-corrected chi connectivity index (χ4v) is 1.20. The maximum atomic E-state index is 11.4. The summed E-state index contributed by atoms with van der Waals surface area (Å²) in [4.78, 5) is 11.4. The first kappa shape index (κ1) is 9.68. The Morgan fingerprint density at radius 2 is 2.31 bits per heavy atom. The van der Waals surface area contributed by atoms with E-state index in [1.165, 1.54) is 0 Å². The van der Waals surface area contributed by atoms with Crippen LogP contribution in [0.1, 0.15) is 6.92 Å². The quantitative estimate of drug-likeness (QED) is 0.614. The smallest absolute Gasteiger partial charge is 0.183 e. The number of Topliss-reactive ketones (excluding diaryl/α,β-unsaturated/α-hetero) is 1. The van der Waals surface area contributed by atoms with Gasteiger partial charge in [0.25, 0.3) is 0 Å². The van der Waals surface area contributed by atoms with Crippen molar-refractivity contribution in [3.05, 3.63) is 48.1 Å². The van der Waals surface area contributed by atoms with Crippen LogP contribution in [0.15, 0.2) is 48.1 Å². The van der Waals surface area contributed by atoms with E-state index >= 15 is 0 Å². The summed E-state index contributed by atoms with van der Waals surface area (Å²) in [5.41, 5.74) is 7.79. The Morgan fingerprint density at radius 3 is 2.85 bits per heavy atom. The number of carbonyl (C=O) groups excluding carboxylic acids is 1. The fourth-order valence-electron chi connectivity index (χ4n) is 1.20. The summed E-state index contributed by atoms with van der Waals surface area (Å²) in [6.07, 6.45) is 5.21.